The summed E-state index contributed by atoms with van der Waals surface area (Å²) in [6.45, 7) is 0. The number of rotatable bonds is 3. The third kappa shape index (κ3) is 1.65. The van der Waals surface area contributed by atoms with Crippen molar-refractivity contribution in [1.82, 2.24) is 9.55 Å². The number of nitrogens with zero attached hydrogens (tertiary/aromatic N) is 2. The highest BCUT2D eigenvalue weighted by Gasteiger charge is 2.30. The van der Waals surface area contributed by atoms with Gasteiger partial charge in [0, 0.05) is 18.5 Å². The normalized spacial score (nSPS) is 14.8. The van der Waals surface area contributed by atoms with Gasteiger partial charge in [0.25, 0.3) is 0 Å². The quantitative estimate of drug-likeness (QED) is 0.901. The Labute approximate surface area is 106 Å². The van der Waals surface area contributed by atoms with Gasteiger partial charge in [-0.1, -0.05) is 12.1 Å². The molecular formula is C14H17N3O. The van der Waals surface area contributed by atoms with E-state index in [-0.39, 0.29) is 0 Å². The van der Waals surface area contributed by atoms with Crippen molar-refractivity contribution < 1.29 is 4.74 Å². The van der Waals surface area contributed by atoms with Crippen LogP contribution in [0, 0.1) is 0 Å². The molecule has 1 aromatic carbocycles. The zero-order valence-corrected chi connectivity index (χ0v) is 10.7. The lowest BCUT2D eigenvalue weighted by molar-refractivity contribution is 0.416. The van der Waals surface area contributed by atoms with Gasteiger partial charge in [-0.2, -0.15) is 0 Å². The molecule has 0 bridgehead atoms. The second-order valence-corrected chi connectivity index (χ2v) is 4.74. The number of methoxy groups -OCH3 is 1. The van der Waals surface area contributed by atoms with Crippen LogP contribution in [0.3, 0.4) is 0 Å². The van der Waals surface area contributed by atoms with Gasteiger partial charge < -0.3 is 15.0 Å². The predicted molar refractivity (Wildman–Crippen MR) is 71.6 cm³/mol. The summed E-state index contributed by atoms with van der Waals surface area (Å²) in [6, 6.07) is 7.85. The third-order valence-corrected chi connectivity index (χ3v) is 3.48. The summed E-state index contributed by atoms with van der Waals surface area (Å²) < 4.78 is 7.37. The number of hydrogen-bond donors (Lipinski definition) is 1. The van der Waals surface area contributed by atoms with Crippen LogP contribution >= 0.6 is 0 Å². The van der Waals surface area contributed by atoms with Crippen LogP contribution in [-0.4, -0.2) is 16.7 Å². The molecule has 2 N–H and O–H groups in total. The number of hydrogen-bond acceptors (Lipinski definition) is 3. The molecule has 0 unspecified atom stereocenters. The first-order chi connectivity index (χ1) is 8.72. The molecule has 18 heavy (non-hydrogen) atoms. The predicted octanol–water partition coefficient (Wildman–Crippen LogP) is 2.56. The SMILES string of the molecule is COc1ccccc1-c1nc(C2CC2)n(C)c1N. The van der Waals surface area contributed by atoms with Gasteiger partial charge in [-0.15, -0.1) is 0 Å². The molecule has 0 amide bonds. The third-order valence-electron chi connectivity index (χ3n) is 3.48. The second-order valence-electron chi connectivity index (χ2n) is 4.74. The Morgan fingerprint density at radius 3 is 2.72 bits per heavy atom. The van der Waals surface area contributed by atoms with Crippen molar-refractivity contribution in [3.05, 3.63) is 30.1 Å². The molecule has 4 nitrogen and oxygen atoms in total. The van der Waals surface area contributed by atoms with E-state index in [4.69, 9.17) is 15.5 Å². The molecular weight excluding hydrogens is 226 g/mol. The van der Waals surface area contributed by atoms with Gasteiger partial charge in [-0.25, -0.2) is 4.98 Å². The number of para-hydroxylation sites is 1. The van der Waals surface area contributed by atoms with Gasteiger partial charge in [-0.3, -0.25) is 0 Å². The molecule has 1 aliphatic rings. The Balaban J connectivity index is 2.13. The minimum absolute atomic E-state index is 0.584. The van der Waals surface area contributed by atoms with Gasteiger partial charge in [0.1, 0.15) is 23.1 Å². The summed E-state index contributed by atoms with van der Waals surface area (Å²) in [4.78, 5) is 4.71. The maximum atomic E-state index is 6.17. The van der Waals surface area contributed by atoms with Crippen molar-refractivity contribution in [3.8, 4) is 17.0 Å². The molecule has 0 radical (unpaired) electrons. The monoisotopic (exact) mass is 243 g/mol. The summed E-state index contributed by atoms with van der Waals surface area (Å²) in [7, 11) is 3.65. The molecule has 0 spiro atoms. The van der Waals surface area contributed by atoms with E-state index in [1.165, 1.54) is 12.8 Å². The minimum atomic E-state index is 0.584. The second kappa shape index (κ2) is 4.05. The first kappa shape index (κ1) is 11.1. The molecule has 0 atom stereocenters. The fourth-order valence-corrected chi connectivity index (χ4v) is 2.27. The van der Waals surface area contributed by atoms with E-state index in [1.54, 1.807) is 7.11 Å². The van der Waals surface area contributed by atoms with Crippen molar-refractivity contribution >= 4 is 5.82 Å². The van der Waals surface area contributed by atoms with E-state index >= 15 is 0 Å². The van der Waals surface area contributed by atoms with E-state index < -0.39 is 0 Å². The molecule has 0 aliphatic heterocycles. The van der Waals surface area contributed by atoms with Crippen molar-refractivity contribution in [2.45, 2.75) is 18.8 Å². The van der Waals surface area contributed by atoms with Gasteiger partial charge in [0.05, 0.1) is 7.11 Å². The lowest BCUT2D eigenvalue weighted by Crippen LogP contribution is -2.00. The van der Waals surface area contributed by atoms with Crippen LogP contribution in [0.5, 0.6) is 5.75 Å². The molecule has 3 rings (SSSR count). The fourth-order valence-electron chi connectivity index (χ4n) is 2.27. The summed E-state index contributed by atoms with van der Waals surface area (Å²) in [5.74, 6) is 3.19. The van der Waals surface area contributed by atoms with E-state index in [2.05, 4.69) is 0 Å². The van der Waals surface area contributed by atoms with Crippen molar-refractivity contribution in [1.29, 1.82) is 0 Å². The number of ether oxygens (including phenoxy) is 1. The Hall–Kier alpha value is -1.97. The highest BCUT2D eigenvalue weighted by Crippen LogP contribution is 2.42. The summed E-state index contributed by atoms with van der Waals surface area (Å²) in [5.41, 5.74) is 7.96. The maximum absolute atomic E-state index is 6.17. The molecule has 0 saturated heterocycles. The van der Waals surface area contributed by atoms with Crippen LogP contribution in [0.2, 0.25) is 0 Å². The Morgan fingerprint density at radius 1 is 1.33 bits per heavy atom. The van der Waals surface area contributed by atoms with Crippen LogP contribution in [0.15, 0.2) is 24.3 Å². The van der Waals surface area contributed by atoms with Gasteiger partial charge in [0.15, 0.2) is 0 Å². The first-order valence-corrected chi connectivity index (χ1v) is 6.18. The summed E-state index contributed by atoms with van der Waals surface area (Å²) >= 11 is 0. The zero-order valence-electron chi connectivity index (χ0n) is 10.7. The number of benzene rings is 1. The fraction of sp³-hybridized carbons (Fsp3) is 0.357. The van der Waals surface area contributed by atoms with E-state index in [9.17, 15) is 0 Å². The van der Waals surface area contributed by atoms with Crippen LogP contribution in [0.1, 0.15) is 24.6 Å². The van der Waals surface area contributed by atoms with Crippen molar-refractivity contribution in [3.63, 3.8) is 0 Å². The molecule has 94 valence electrons. The number of anilines is 1. The van der Waals surface area contributed by atoms with Crippen LogP contribution in [-0.2, 0) is 7.05 Å². The highest BCUT2D eigenvalue weighted by molar-refractivity contribution is 5.76. The molecule has 4 heteroatoms. The van der Waals surface area contributed by atoms with E-state index in [0.29, 0.717) is 11.7 Å². The van der Waals surface area contributed by atoms with Crippen LogP contribution in [0.4, 0.5) is 5.82 Å². The topological polar surface area (TPSA) is 53.1 Å². The number of aromatic nitrogens is 2. The van der Waals surface area contributed by atoms with E-state index in [0.717, 1.165) is 22.8 Å². The number of imidazole rings is 1. The Morgan fingerprint density at radius 2 is 2.06 bits per heavy atom. The lowest BCUT2D eigenvalue weighted by Gasteiger charge is -2.06. The van der Waals surface area contributed by atoms with Crippen molar-refractivity contribution in [2.24, 2.45) is 7.05 Å². The van der Waals surface area contributed by atoms with Gasteiger partial charge >= 0.3 is 0 Å². The number of nitrogens with two attached hydrogens (primary N) is 1. The van der Waals surface area contributed by atoms with Crippen LogP contribution < -0.4 is 10.5 Å². The summed E-state index contributed by atoms with van der Waals surface area (Å²) in [6.07, 6.45) is 2.44. The smallest absolute Gasteiger partial charge is 0.131 e. The first-order valence-electron chi connectivity index (χ1n) is 6.18. The van der Waals surface area contributed by atoms with E-state index in [1.807, 2.05) is 35.9 Å². The molecule has 1 saturated carbocycles. The molecule has 1 heterocycles. The largest absolute Gasteiger partial charge is 0.496 e. The Bertz CT molecular complexity index is 585. The number of nitrogen functional groups attached to an aromatic ring is 1. The summed E-state index contributed by atoms with van der Waals surface area (Å²) in [5, 5.41) is 0. The average molecular weight is 243 g/mol. The Kier molecular flexibility index (Phi) is 2.51. The molecule has 1 aliphatic carbocycles. The zero-order chi connectivity index (χ0) is 12.7. The molecule has 2 aromatic rings. The standard InChI is InChI=1S/C14H17N3O/c1-17-13(15)12(16-14(17)9-7-8-9)10-5-3-4-6-11(10)18-2/h3-6,9H,7-8,15H2,1-2H3. The lowest BCUT2D eigenvalue weighted by atomic mass is 10.1. The molecule has 1 aromatic heterocycles. The van der Waals surface area contributed by atoms with Gasteiger partial charge in [0.2, 0.25) is 0 Å². The maximum Gasteiger partial charge on any atom is 0.131 e. The minimum Gasteiger partial charge on any atom is -0.496 e. The molecule has 1 fully saturated rings. The average Bonchev–Trinajstić information content (AvgIpc) is 3.19. The van der Waals surface area contributed by atoms with Gasteiger partial charge in [-0.05, 0) is 25.0 Å². The van der Waals surface area contributed by atoms with Crippen LogP contribution in [0.25, 0.3) is 11.3 Å². The van der Waals surface area contributed by atoms with Crippen molar-refractivity contribution in [2.75, 3.05) is 12.8 Å². The highest BCUT2D eigenvalue weighted by atomic mass is 16.5.